The van der Waals surface area contributed by atoms with Gasteiger partial charge in [-0.25, -0.2) is 0 Å². The molecule has 0 saturated carbocycles. The van der Waals surface area contributed by atoms with Gasteiger partial charge in [-0.15, -0.1) is 0 Å². The average Bonchev–Trinajstić information content (AvgIpc) is 1.72. The third-order valence-electron chi connectivity index (χ3n) is 0.785. The summed E-state index contributed by atoms with van der Waals surface area (Å²) in [6.45, 7) is 3.35. The molecule has 0 aliphatic heterocycles. The third-order valence-corrected chi connectivity index (χ3v) is 2.72. The van der Waals surface area contributed by atoms with Gasteiger partial charge in [0.15, 0.2) is 0 Å². The molecule has 0 spiro atoms. The van der Waals surface area contributed by atoms with Gasteiger partial charge < -0.3 is 0 Å². The fourth-order valence-corrected chi connectivity index (χ4v) is 2.57. The SMILES string of the molecule is CCN(CI)CI. The second-order valence-corrected chi connectivity index (χ2v) is 2.59. The summed E-state index contributed by atoms with van der Waals surface area (Å²) in [6.07, 6.45) is 0. The molecule has 0 aromatic carbocycles. The van der Waals surface area contributed by atoms with Gasteiger partial charge in [0.05, 0.1) is 9.10 Å². The maximum absolute atomic E-state index is 2.37. The van der Waals surface area contributed by atoms with Crippen molar-refractivity contribution in [2.45, 2.75) is 6.92 Å². The Morgan fingerprint density at radius 3 is 1.71 bits per heavy atom. The van der Waals surface area contributed by atoms with Crippen LogP contribution in [-0.4, -0.2) is 20.5 Å². The van der Waals surface area contributed by atoms with E-state index < -0.39 is 0 Å². The van der Waals surface area contributed by atoms with Crippen molar-refractivity contribution in [1.82, 2.24) is 4.90 Å². The number of hydrogen-bond donors (Lipinski definition) is 0. The Labute approximate surface area is 72.1 Å². The van der Waals surface area contributed by atoms with E-state index in [1.54, 1.807) is 0 Å². The first-order valence-electron chi connectivity index (χ1n) is 2.19. The third kappa shape index (κ3) is 3.96. The summed E-state index contributed by atoms with van der Waals surface area (Å²) < 4.78 is 2.30. The Morgan fingerprint density at radius 2 is 1.71 bits per heavy atom. The molecule has 0 amide bonds. The van der Waals surface area contributed by atoms with E-state index in [-0.39, 0.29) is 0 Å². The van der Waals surface area contributed by atoms with Crippen molar-refractivity contribution in [3.05, 3.63) is 0 Å². The summed E-state index contributed by atoms with van der Waals surface area (Å²) in [5.41, 5.74) is 0. The lowest BCUT2D eigenvalue weighted by atomic mass is 10.7. The molecule has 0 saturated heterocycles. The predicted molar refractivity (Wildman–Crippen MR) is 50.2 cm³/mol. The molecule has 1 nitrogen and oxygen atoms in total. The first-order valence-corrected chi connectivity index (χ1v) is 5.24. The summed E-state index contributed by atoms with van der Waals surface area (Å²) in [4.78, 5) is 2.35. The largest absolute Gasteiger partial charge is 0.285 e. The second-order valence-electron chi connectivity index (χ2n) is 1.23. The van der Waals surface area contributed by atoms with Crippen molar-refractivity contribution in [2.75, 3.05) is 15.6 Å². The number of alkyl halides is 2. The molecule has 44 valence electrons. The van der Waals surface area contributed by atoms with E-state index in [0.29, 0.717) is 0 Å². The quantitative estimate of drug-likeness (QED) is 0.436. The fourth-order valence-electron chi connectivity index (χ4n) is 0.201. The molecule has 7 heavy (non-hydrogen) atoms. The van der Waals surface area contributed by atoms with Crippen LogP contribution >= 0.6 is 45.2 Å². The minimum Gasteiger partial charge on any atom is -0.285 e. The first-order chi connectivity index (χ1) is 3.35. The van der Waals surface area contributed by atoms with Crippen LogP contribution in [0.2, 0.25) is 0 Å². The van der Waals surface area contributed by atoms with Crippen LogP contribution in [0.15, 0.2) is 0 Å². The zero-order valence-electron chi connectivity index (χ0n) is 4.32. The van der Waals surface area contributed by atoms with Gasteiger partial charge in [0.1, 0.15) is 0 Å². The van der Waals surface area contributed by atoms with Gasteiger partial charge >= 0.3 is 0 Å². The van der Waals surface area contributed by atoms with Gasteiger partial charge in [0.25, 0.3) is 0 Å². The predicted octanol–water partition coefficient (Wildman–Crippen LogP) is 2.09. The van der Waals surface area contributed by atoms with Gasteiger partial charge in [-0.2, -0.15) is 0 Å². The van der Waals surface area contributed by atoms with Crippen LogP contribution in [0.1, 0.15) is 6.92 Å². The lowest BCUT2D eigenvalue weighted by Gasteiger charge is -2.10. The van der Waals surface area contributed by atoms with Crippen LogP contribution in [0.3, 0.4) is 0 Å². The summed E-state index contributed by atoms with van der Waals surface area (Å²) >= 11 is 4.74. The van der Waals surface area contributed by atoms with E-state index in [1.807, 2.05) is 0 Å². The molecule has 0 atom stereocenters. The molecule has 0 fully saturated rings. The molecule has 0 aliphatic rings. The molecule has 0 aromatic heterocycles. The Bertz CT molecular complexity index is 31.2. The van der Waals surface area contributed by atoms with E-state index in [9.17, 15) is 0 Å². The van der Waals surface area contributed by atoms with Crippen LogP contribution in [-0.2, 0) is 0 Å². The van der Waals surface area contributed by atoms with E-state index in [0.717, 1.165) is 9.10 Å². The normalized spacial score (nSPS) is 10.3. The Kier molecular flexibility index (Phi) is 6.68. The van der Waals surface area contributed by atoms with Gasteiger partial charge in [-0.1, -0.05) is 52.1 Å². The van der Waals surface area contributed by atoms with Gasteiger partial charge in [0.2, 0.25) is 0 Å². The molecule has 0 radical (unpaired) electrons. The van der Waals surface area contributed by atoms with Crippen molar-refractivity contribution in [3.8, 4) is 0 Å². The molecule has 0 aromatic rings. The van der Waals surface area contributed by atoms with Crippen LogP contribution in [0.25, 0.3) is 0 Å². The second kappa shape index (κ2) is 5.55. The van der Waals surface area contributed by atoms with Crippen molar-refractivity contribution < 1.29 is 0 Å². The highest BCUT2D eigenvalue weighted by Gasteiger charge is 1.91. The zero-order chi connectivity index (χ0) is 5.70. The van der Waals surface area contributed by atoms with Crippen LogP contribution in [0.4, 0.5) is 0 Å². The Morgan fingerprint density at radius 1 is 1.29 bits per heavy atom. The van der Waals surface area contributed by atoms with Gasteiger partial charge in [-0.3, -0.25) is 4.90 Å². The summed E-state index contributed by atoms with van der Waals surface area (Å²) in [5, 5.41) is 0. The maximum atomic E-state index is 2.37. The number of nitrogens with zero attached hydrogens (tertiary/aromatic N) is 1. The molecular formula is C4H9I2N. The molecule has 0 N–H and O–H groups in total. The van der Waals surface area contributed by atoms with Crippen molar-refractivity contribution in [2.24, 2.45) is 0 Å². The molecule has 0 rings (SSSR count). The van der Waals surface area contributed by atoms with Crippen molar-refractivity contribution in [1.29, 1.82) is 0 Å². The Balaban J connectivity index is 2.99. The summed E-state index contributed by atoms with van der Waals surface area (Å²) in [5.74, 6) is 0. The van der Waals surface area contributed by atoms with E-state index in [1.165, 1.54) is 6.54 Å². The smallest absolute Gasteiger partial charge is 0.0513 e. The lowest BCUT2D eigenvalue weighted by molar-refractivity contribution is 0.417. The van der Waals surface area contributed by atoms with Crippen LogP contribution < -0.4 is 0 Å². The van der Waals surface area contributed by atoms with Crippen LogP contribution in [0, 0.1) is 0 Å². The minimum absolute atomic E-state index is 1.15. The van der Waals surface area contributed by atoms with E-state index in [2.05, 4.69) is 57.0 Å². The van der Waals surface area contributed by atoms with Crippen molar-refractivity contribution >= 4 is 45.2 Å². The minimum atomic E-state index is 1.15. The van der Waals surface area contributed by atoms with Crippen molar-refractivity contribution in [3.63, 3.8) is 0 Å². The first kappa shape index (κ1) is 8.42. The Hall–Kier alpha value is 1.42. The average molecular weight is 325 g/mol. The van der Waals surface area contributed by atoms with E-state index >= 15 is 0 Å². The highest BCUT2D eigenvalue weighted by Crippen LogP contribution is 1.95. The van der Waals surface area contributed by atoms with E-state index in [4.69, 9.17) is 0 Å². The number of rotatable bonds is 3. The molecule has 0 heterocycles. The summed E-state index contributed by atoms with van der Waals surface area (Å²) in [6, 6.07) is 0. The molecule has 0 unspecified atom stereocenters. The highest BCUT2D eigenvalue weighted by molar-refractivity contribution is 14.1. The zero-order valence-corrected chi connectivity index (χ0v) is 8.64. The van der Waals surface area contributed by atoms with Gasteiger partial charge in [0, 0.05) is 0 Å². The molecular weight excluding hydrogens is 316 g/mol. The maximum Gasteiger partial charge on any atom is 0.0513 e. The lowest BCUT2D eigenvalue weighted by Crippen LogP contribution is -2.18. The molecule has 0 bridgehead atoms. The fraction of sp³-hybridized carbons (Fsp3) is 1.00. The summed E-state index contributed by atoms with van der Waals surface area (Å²) in [7, 11) is 0. The highest BCUT2D eigenvalue weighted by atomic mass is 127. The molecule has 3 heteroatoms. The topological polar surface area (TPSA) is 3.24 Å². The standard InChI is InChI=1S/C4H9I2N/c1-2-7(3-5)4-6/h2-4H2,1H3. The monoisotopic (exact) mass is 325 g/mol. The number of halogens is 2. The van der Waals surface area contributed by atoms with Gasteiger partial charge in [-0.05, 0) is 6.54 Å². The molecule has 0 aliphatic carbocycles. The van der Waals surface area contributed by atoms with Crippen LogP contribution in [0.5, 0.6) is 0 Å². The number of hydrogen-bond acceptors (Lipinski definition) is 1.